The first-order chi connectivity index (χ1) is 20.0. The van der Waals surface area contributed by atoms with Gasteiger partial charge in [0.05, 0.1) is 22.6 Å². The predicted molar refractivity (Wildman–Crippen MR) is 160 cm³/mol. The molecule has 13 heteroatoms. The Balaban J connectivity index is 2.10. The summed E-state index contributed by atoms with van der Waals surface area (Å²) in [5.41, 5.74) is -0.147. The van der Waals surface area contributed by atoms with Gasteiger partial charge >= 0.3 is 0 Å². The molecule has 0 heterocycles. The van der Waals surface area contributed by atoms with Gasteiger partial charge in [0.2, 0.25) is 11.8 Å². The highest BCUT2D eigenvalue weighted by atomic mass is 32.2. The van der Waals surface area contributed by atoms with E-state index in [1.165, 1.54) is 86.5 Å². The molecule has 0 spiro atoms. The monoisotopic (exact) mass is 614 g/mol. The molecule has 3 rings (SSSR count). The van der Waals surface area contributed by atoms with Gasteiger partial charge in [0.25, 0.3) is 15.7 Å². The molecule has 0 aliphatic heterocycles. The second kappa shape index (κ2) is 13.2. The minimum atomic E-state index is -4.54. The van der Waals surface area contributed by atoms with Crippen molar-refractivity contribution in [2.45, 2.75) is 57.6 Å². The summed E-state index contributed by atoms with van der Waals surface area (Å²) in [4.78, 5) is 38.8. The van der Waals surface area contributed by atoms with Crippen molar-refractivity contribution in [3.05, 3.63) is 93.8 Å². The summed E-state index contributed by atoms with van der Waals surface area (Å²) in [5.74, 6) is -1.26. The van der Waals surface area contributed by atoms with E-state index in [1.54, 1.807) is 20.8 Å². The number of benzene rings is 3. The zero-order chi connectivity index (χ0) is 32.1. The largest absolute Gasteiger partial charge is 0.497 e. The van der Waals surface area contributed by atoms with E-state index in [0.29, 0.717) is 11.3 Å². The van der Waals surface area contributed by atoms with Crippen LogP contribution in [-0.4, -0.2) is 55.3 Å². The molecule has 0 radical (unpaired) electrons. The topological polar surface area (TPSA) is 139 Å². The highest BCUT2D eigenvalue weighted by Crippen LogP contribution is 2.29. The van der Waals surface area contributed by atoms with Gasteiger partial charge in [-0.1, -0.05) is 18.2 Å². The van der Waals surface area contributed by atoms with Crippen molar-refractivity contribution in [1.82, 2.24) is 10.2 Å². The maximum absolute atomic E-state index is 14.0. The van der Waals surface area contributed by atoms with Crippen LogP contribution in [0.3, 0.4) is 0 Å². The number of nitrogens with zero attached hydrogens (tertiary/aromatic N) is 3. The normalized spacial score (nSPS) is 12.3. The van der Waals surface area contributed by atoms with Crippen LogP contribution in [0.15, 0.2) is 71.6 Å². The number of hydrogen-bond acceptors (Lipinski definition) is 7. The van der Waals surface area contributed by atoms with Crippen molar-refractivity contribution in [2.75, 3.05) is 18.0 Å². The lowest BCUT2D eigenvalue weighted by atomic mass is 10.1. The average molecular weight is 615 g/mol. The quantitative estimate of drug-likeness (QED) is 0.246. The van der Waals surface area contributed by atoms with E-state index in [0.717, 1.165) is 10.4 Å². The van der Waals surface area contributed by atoms with Crippen LogP contribution < -0.4 is 14.4 Å². The minimum absolute atomic E-state index is 0.0888. The molecule has 230 valence electrons. The number of halogens is 1. The zero-order valence-electron chi connectivity index (χ0n) is 24.8. The molecule has 3 aromatic rings. The summed E-state index contributed by atoms with van der Waals surface area (Å²) in [7, 11) is -3.10. The van der Waals surface area contributed by atoms with Gasteiger partial charge in [0.1, 0.15) is 24.2 Å². The predicted octanol–water partition coefficient (Wildman–Crippen LogP) is 4.58. The number of aryl methyl sites for hydroxylation is 1. The van der Waals surface area contributed by atoms with Gasteiger partial charge in [-0.15, -0.1) is 0 Å². The first-order valence-corrected chi connectivity index (χ1v) is 14.8. The Morgan fingerprint density at radius 3 is 2.19 bits per heavy atom. The molecule has 0 fully saturated rings. The van der Waals surface area contributed by atoms with E-state index in [9.17, 15) is 32.5 Å². The van der Waals surface area contributed by atoms with Crippen LogP contribution in [0.25, 0.3) is 0 Å². The summed E-state index contributed by atoms with van der Waals surface area (Å²) in [5, 5.41) is 14.4. The molecule has 1 atom stereocenters. The molecule has 11 nitrogen and oxygen atoms in total. The highest BCUT2D eigenvalue weighted by molar-refractivity contribution is 7.92. The number of ether oxygens (including phenoxy) is 1. The SMILES string of the molecule is COc1ccc(N(CC(=O)N(Cc2ccc(F)cc2)[C@H](C)C(=O)NC(C)(C)C)S(=O)(=O)c2ccc(C)c([N+](=O)[O-])c2)cc1. The minimum Gasteiger partial charge on any atom is -0.497 e. The van der Waals surface area contributed by atoms with Crippen LogP contribution in [0.5, 0.6) is 5.75 Å². The number of anilines is 1. The van der Waals surface area contributed by atoms with Crippen LogP contribution in [0, 0.1) is 22.9 Å². The van der Waals surface area contributed by atoms with Gasteiger partial charge in [0.15, 0.2) is 0 Å². The second-order valence-electron chi connectivity index (χ2n) is 11.0. The number of carbonyl (C=O) groups is 2. The lowest BCUT2D eigenvalue weighted by Gasteiger charge is -2.33. The number of sulfonamides is 1. The van der Waals surface area contributed by atoms with Gasteiger partial charge in [-0.05, 0) is 82.6 Å². The van der Waals surface area contributed by atoms with Crippen LogP contribution in [0.4, 0.5) is 15.8 Å². The van der Waals surface area contributed by atoms with Crippen LogP contribution in [0.2, 0.25) is 0 Å². The first kappa shape index (κ1) is 33.0. The second-order valence-corrected chi connectivity index (χ2v) is 12.8. The Hall–Kier alpha value is -4.52. The van der Waals surface area contributed by atoms with Gasteiger partial charge in [-0.2, -0.15) is 0 Å². The molecular weight excluding hydrogens is 579 g/mol. The molecule has 0 saturated carbocycles. The lowest BCUT2D eigenvalue weighted by Crippen LogP contribution is -2.54. The molecule has 0 aliphatic rings. The van der Waals surface area contributed by atoms with E-state index in [1.807, 2.05) is 0 Å². The molecule has 43 heavy (non-hydrogen) atoms. The summed E-state index contributed by atoms with van der Waals surface area (Å²) in [6.45, 7) is 7.47. The smallest absolute Gasteiger partial charge is 0.273 e. The van der Waals surface area contributed by atoms with Crippen LogP contribution in [-0.2, 0) is 26.2 Å². The fraction of sp³-hybridized carbons (Fsp3) is 0.333. The molecule has 2 amide bonds. The molecule has 0 aliphatic carbocycles. The third kappa shape index (κ3) is 8.28. The fourth-order valence-corrected chi connectivity index (χ4v) is 5.63. The van der Waals surface area contributed by atoms with E-state index in [4.69, 9.17) is 4.74 Å². The third-order valence-electron chi connectivity index (χ3n) is 6.54. The Bertz CT molecular complexity index is 1590. The van der Waals surface area contributed by atoms with E-state index >= 15 is 0 Å². The molecular formula is C30H35FN4O7S. The number of nitro groups is 1. The number of methoxy groups -OCH3 is 1. The standard InChI is InChI=1S/C30H35FN4O7S/c1-20-7-16-26(17-27(20)35(38)39)43(40,41)34(24-12-14-25(42-6)15-13-24)19-28(36)33(18-22-8-10-23(31)11-9-22)21(2)29(37)32-30(3,4)5/h7-17,21H,18-19H2,1-6H3,(H,32,37)/t21-/m1/s1. The van der Waals surface area contributed by atoms with Crippen molar-refractivity contribution in [2.24, 2.45) is 0 Å². The molecule has 0 unspecified atom stereocenters. The number of nitro benzene ring substituents is 1. The van der Waals surface area contributed by atoms with Crippen molar-refractivity contribution >= 4 is 33.2 Å². The summed E-state index contributed by atoms with van der Waals surface area (Å²) >= 11 is 0. The Kier molecular flexibility index (Phi) is 10.1. The number of nitrogens with one attached hydrogen (secondary N) is 1. The molecule has 0 bridgehead atoms. The van der Waals surface area contributed by atoms with Crippen molar-refractivity contribution < 1.29 is 32.1 Å². The Labute approximate surface area is 250 Å². The van der Waals surface area contributed by atoms with Gasteiger partial charge < -0.3 is 15.0 Å². The van der Waals surface area contributed by atoms with Gasteiger partial charge in [0, 0.05) is 23.7 Å². The first-order valence-electron chi connectivity index (χ1n) is 13.3. The summed E-state index contributed by atoms with van der Waals surface area (Å²) < 4.78 is 47.6. The molecule has 0 saturated heterocycles. The van der Waals surface area contributed by atoms with Crippen LogP contribution in [0.1, 0.15) is 38.8 Å². The average Bonchev–Trinajstić information content (AvgIpc) is 2.94. The van der Waals surface area contributed by atoms with E-state index < -0.39 is 61.3 Å². The lowest BCUT2D eigenvalue weighted by molar-refractivity contribution is -0.385. The molecule has 0 aromatic heterocycles. The molecule has 1 N–H and O–H groups in total. The highest BCUT2D eigenvalue weighted by Gasteiger charge is 2.34. The van der Waals surface area contributed by atoms with Gasteiger partial charge in [-0.3, -0.25) is 24.0 Å². The van der Waals surface area contributed by atoms with E-state index in [2.05, 4.69) is 5.32 Å². The number of carbonyl (C=O) groups excluding carboxylic acids is 2. The molecule has 3 aromatic carbocycles. The van der Waals surface area contributed by atoms with Crippen molar-refractivity contribution in [3.8, 4) is 5.75 Å². The summed E-state index contributed by atoms with van der Waals surface area (Å²) in [6, 6.07) is 13.7. The number of hydrogen-bond donors (Lipinski definition) is 1. The fourth-order valence-electron chi connectivity index (χ4n) is 4.19. The van der Waals surface area contributed by atoms with E-state index in [-0.39, 0.29) is 17.8 Å². The van der Waals surface area contributed by atoms with Crippen LogP contribution >= 0.6 is 0 Å². The maximum atomic E-state index is 14.0. The number of amides is 2. The maximum Gasteiger partial charge on any atom is 0.273 e. The Morgan fingerprint density at radius 1 is 1.05 bits per heavy atom. The summed E-state index contributed by atoms with van der Waals surface area (Å²) in [6.07, 6.45) is 0. The zero-order valence-corrected chi connectivity index (χ0v) is 25.6. The van der Waals surface area contributed by atoms with Crippen molar-refractivity contribution in [1.29, 1.82) is 0 Å². The van der Waals surface area contributed by atoms with Crippen molar-refractivity contribution in [3.63, 3.8) is 0 Å². The third-order valence-corrected chi connectivity index (χ3v) is 8.31. The number of rotatable bonds is 11. The van der Waals surface area contributed by atoms with Gasteiger partial charge in [-0.25, -0.2) is 12.8 Å². The Morgan fingerprint density at radius 2 is 1.65 bits per heavy atom.